The molecule has 1 aliphatic heterocycles. The molecule has 9 heteroatoms. The zero-order valence-electron chi connectivity index (χ0n) is 14.0. The largest absolute Gasteiger partial charge is 0.405 e. The lowest BCUT2D eigenvalue weighted by Gasteiger charge is -2.23. The molecule has 1 aromatic carbocycles. The minimum absolute atomic E-state index is 0.294. The molecule has 27 heavy (non-hydrogen) atoms. The van der Waals surface area contributed by atoms with Crippen LogP contribution in [-0.4, -0.2) is 42.0 Å². The van der Waals surface area contributed by atoms with Crippen molar-refractivity contribution >= 4 is 54.0 Å². The summed E-state index contributed by atoms with van der Waals surface area (Å²) in [7, 11) is 0. The van der Waals surface area contributed by atoms with E-state index in [9.17, 15) is 22.8 Å². The van der Waals surface area contributed by atoms with Crippen LogP contribution in [0.15, 0.2) is 30.3 Å². The summed E-state index contributed by atoms with van der Waals surface area (Å²) in [6, 6.07) is 8.89. The number of hydrogen-bond acceptors (Lipinski definition) is 4. The summed E-state index contributed by atoms with van der Waals surface area (Å²) in [4.78, 5) is 26.9. The van der Waals surface area contributed by atoms with Gasteiger partial charge in [-0.25, -0.2) is 0 Å². The molecular weight excluding hydrogens is 397 g/mol. The molecule has 2 amide bonds. The topological polar surface area (TPSA) is 49.4 Å². The Balaban J connectivity index is 1.56. The molecule has 0 aliphatic carbocycles. The first-order valence-electron chi connectivity index (χ1n) is 8.40. The number of carbonyl (C=O) groups is 2. The van der Waals surface area contributed by atoms with Crippen molar-refractivity contribution in [2.75, 3.05) is 13.1 Å². The molecule has 1 unspecified atom stereocenters. The van der Waals surface area contributed by atoms with Crippen molar-refractivity contribution in [3.63, 3.8) is 0 Å². The van der Waals surface area contributed by atoms with E-state index in [-0.39, 0.29) is 5.91 Å². The van der Waals surface area contributed by atoms with Gasteiger partial charge in [-0.2, -0.15) is 13.2 Å². The van der Waals surface area contributed by atoms with Gasteiger partial charge in [0.15, 0.2) is 0 Å². The van der Waals surface area contributed by atoms with Crippen molar-refractivity contribution in [1.29, 1.82) is 0 Å². The van der Waals surface area contributed by atoms with Gasteiger partial charge in [0.1, 0.15) is 12.6 Å². The molecule has 2 aromatic heterocycles. The van der Waals surface area contributed by atoms with Crippen LogP contribution in [-0.2, 0) is 4.79 Å². The van der Waals surface area contributed by atoms with Gasteiger partial charge in [-0.15, -0.1) is 22.7 Å². The highest BCUT2D eigenvalue weighted by Gasteiger charge is 2.37. The first-order valence-corrected chi connectivity index (χ1v) is 10.0. The quantitative estimate of drug-likeness (QED) is 0.693. The molecule has 1 atom stereocenters. The summed E-state index contributed by atoms with van der Waals surface area (Å²) >= 11 is 2.96. The number of benzene rings is 1. The average molecular weight is 412 g/mol. The second kappa shape index (κ2) is 6.79. The van der Waals surface area contributed by atoms with Crippen molar-refractivity contribution < 1.29 is 22.8 Å². The Hall–Kier alpha value is -2.13. The number of amides is 2. The third-order valence-corrected chi connectivity index (χ3v) is 6.94. The molecule has 142 valence electrons. The smallest absolute Gasteiger partial charge is 0.345 e. The summed E-state index contributed by atoms with van der Waals surface area (Å²) in [5.41, 5.74) is 0. The predicted octanol–water partition coefficient (Wildman–Crippen LogP) is 4.40. The lowest BCUT2D eigenvalue weighted by molar-refractivity contribution is -0.140. The minimum Gasteiger partial charge on any atom is -0.345 e. The molecule has 1 fully saturated rings. The van der Waals surface area contributed by atoms with Crippen molar-refractivity contribution in [2.45, 2.75) is 25.1 Å². The molecule has 1 N–H and O–H groups in total. The van der Waals surface area contributed by atoms with Crippen LogP contribution in [0.4, 0.5) is 13.2 Å². The Labute approximate surface area is 160 Å². The van der Waals surface area contributed by atoms with Crippen molar-refractivity contribution in [3.05, 3.63) is 35.2 Å². The van der Waals surface area contributed by atoms with Crippen molar-refractivity contribution in [1.82, 2.24) is 10.2 Å². The van der Waals surface area contributed by atoms with E-state index in [4.69, 9.17) is 0 Å². The van der Waals surface area contributed by atoms with Crippen LogP contribution >= 0.6 is 22.7 Å². The van der Waals surface area contributed by atoms with Gasteiger partial charge in [0, 0.05) is 21.3 Å². The number of rotatable bonds is 3. The van der Waals surface area contributed by atoms with Gasteiger partial charge >= 0.3 is 6.18 Å². The van der Waals surface area contributed by atoms with Crippen LogP contribution in [0.2, 0.25) is 0 Å². The molecule has 3 heterocycles. The van der Waals surface area contributed by atoms with Gasteiger partial charge in [0.05, 0.1) is 9.58 Å². The maximum Gasteiger partial charge on any atom is 0.405 e. The van der Waals surface area contributed by atoms with Gasteiger partial charge in [0.2, 0.25) is 5.91 Å². The van der Waals surface area contributed by atoms with Gasteiger partial charge in [-0.05, 0) is 25.0 Å². The Bertz CT molecular complexity index is 1020. The fraction of sp³-hybridized carbons (Fsp3) is 0.333. The Kier molecular flexibility index (Phi) is 4.59. The monoisotopic (exact) mass is 412 g/mol. The highest BCUT2D eigenvalue weighted by Crippen LogP contribution is 2.40. The maximum atomic E-state index is 12.9. The Morgan fingerprint density at radius 1 is 1.19 bits per heavy atom. The number of thiophene rings is 2. The predicted molar refractivity (Wildman–Crippen MR) is 100 cm³/mol. The highest BCUT2D eigenvalue weighted by molar-refractivity contribution is 7.33. The van der Waals surface area contributed by atoms with Gasteiger partial charge < -0.3 is 10.2 Å². The van der Waals surface area contributed by atoms with E-state index in [0.717, 1.165) is 19.5 Å². The number of fused-ring (bicyclic) bond motifs is 3. The molecule has 4 nitrogen and oxygen atoms in total. The molecule has 0 saturated carbocycles. The fourth-order valence-corrected chi connectivity index (χ4v) is 5.81. The second-order valence-corrected chi connectivity index (χ2v) is 8.53. The van der Waals surface area contributed by atoms with E-state index < -0.39 is 24.7 Å². The number of halogens is 3. The third kappa shape index (κ3) is 3.53. The molecule has 1 saturated heterocycles. The van der Waals surface area contributed by atoms with Crippen molar-refractivity contribution in [2.24, 2.45) is 0 Å². The second-order valence-electron chi connectivity index (χ2n) is 6.39. The lowest BCUT2D eigenvalue weighted by Crippen LogP contribution is -2.47. The summed E-state index contributed by atoms with van der Waals surface area (Å²) in [6.07, 6.45) is -3.50. The summed E-state index contributed by atoms with van der Waals surface area (Å²) < 4.78 is 40.2. The van der Waals surface area contributed by atoms with E-state index in [1.54, 1.807) is 11.3 Å². The number of likely N-dealkylation sites (tertiary alicyclic amines) is 1. The standard InChI is InChI=1S/C18H15F3N2O2S2/c19-18(20,21)9-22-16(24)11-5-3-7-23(11)17(25)14-8-13-15(27-14)10-4-1-2-6-12(10)26-13/h1-2,4,6,8,11H,3,5,7,9H2,(H,22,24). The SMILES string of the molecule is O=C(NCC(F)(F)F)C1CCCN1C(=O)c1cc2sc3ccccc3c2s1. The summed E-state index contributed by atoms with van der Waals surface area (Å²) in [5, 5.41) is 2.98. The van der Waals surface area contributed by atoms with Crippen molar-refractivity contribution in [3.8, 4) is 0 Å². The van der Waals surface area contributed by atoms with Crippen LogP contribution in [0.3, 0.4) is 0 Å². The third-order valence-electron chi connectivity index (χ3n) is 4.54. The van der Waals surface area contributed by atoms with E-state index in [1.165, 1.54) is 16.2 Å². The Morgan fingerprint density at radius 3 is 2.74 bits per heavy atom. The lowest BCUT2D eigenvalue weighted by atomic mass is 10.2. The van der Waals surface area contributed by atoms with Crippen LogP contribution in [0.25, 0.3) is 19.5 Å². The molecule has 1 aliphatic rings. The van der Waals surface area contributed by atoms with E-state index >= 15 is 0 Å². The molecule has 3 aromatic rings. The molecule has 4 rings (SSSR count). The van der Waals surface area contributed by atoms with Crippen LogP contribution < -0.4 is 5.32 Å². The number of nitrogens with one attached hydrogen (secondary N) is 1. The van der Waals surface area contributed by atoms with Crippen LogP contribution in [0.1, 0.15) is 22.5 Å². The number of nitrogens with zero attached hydrogens (tertiary/aromatic N) is 1. The van der Waals surface area contributed by atoms with Crippen LogP contribution in [0.5, 0.6) is 0 Å². The fourth-order valence-electron chi connectivity index (χ4n) is 3.33. The molecule has 0 spiro atoms. The average Bonchev–Trinajstić information content (AvgIpc) is 3.32. The first-order chi connectivity index (χ1) is 12.8. The van der Waals surface area contributed by atoms with Crippen LogP contribution in [0, 0.1) is 0 Å². The van der Waals surface area contributed by atoms with Gasteiger partial charge in [-0.3, -0.25) is 9.59 Å². The van der Waals surface area contributed by atoms with E-state index in [0.29, 0.717) is 24.3 Å². The number of alkyl halides is 3. The first kappa shape index (κ1) is 18.2. The maximum absolute atomic E-state index is 12.9. The zero-order valence-corrected chi connectivity index (χ0v) is 15.6. The van der Waals surface area contributed by atoms with Gasteiger partial charge in [0.25, 0.3) is 5.91 Å². The highest BCUT2D eigenvalue weighted by atomic mass is 32.1. The summed E-state index contributed by atoms with van der Waals surface area (Å²) in [5.74, 6) is -1.04. The number of carbonyl (C=O) groups excluding carboxylic acids is 2. The minimum atomic E-state index is -4.47. The Morgan fingerprint density at radius 2 is 1.96 bits per heavy atom. The zero-order chi connectivity index (χ0) is 19.2. The number of hydrogen-bond donors (Lipinski definition) is 1. The molecule has 0 bridgehead atoms. The summed E-state index contributed by atoms with van der Waals surface area (Å²) in [6.45, 7) is -1.01. The van der Waals surface area contributed by atoms with E-state index in [1.807, 2.05) is 35.6 Å². The molecular formula is C18H15F3N2O2S2. The normalized spacial score (nSPS) is 17.7. The molecule has 0 radical (unpaired) electrons. The van der Waals surface area contributed by atoms with Gasteiger partial charge in [-0.1, -0.05) is 18.2 Å². The van der Waals surface area contributed by atoms with E-state index in [2.05, 4.69) is 0 Å².